The number of rotatable bonds is 4. The van der Waals surface area contributed by atoms with Crippen molar-refractivity contribution in [2.75, 3.05) is 6.54 Å². The van der Waals surface area contributed by atoms with Crippen LogP contribution in [0.2, 0.25) is 0 Å². The van der Waals surface area contributed by atoms with Crippen LogP contribution in [-0.2, 0) is 6.42 Å². The third kappa shape index (κ3) is 3.26. The SMILES string of the molecule is O=C(NCCc1ccccn1)c1ccc2ccccc2c1. The van der Waals surface area contributed by atoms with Crippen LogP contribution in [0.1, 0.15) is 16.1 Å². The van der Waals surface area contributed by atoms with Crippen molar-refractivity contribution >= 4 is 16.7 Å². The van der Waals surface area contributed by atoms with Crippen molar-refractivity contribution in [1.29, 1.82) is 0 Å². The number of nitrogens with zero attached hydrogens (tertiary/aromatic N) is 1. The van der Waals surface area contributed by atoms with Gasteiger partial charge in [-0.2, -0.15) is 0 Å². The Morgan fingerprint density at radius 3 is 2.57 bits per heavy atom. The summed E-state index contributed by atoms with van der Waals surface area (Å²) in [6.45, 7) is 0.586. The van der Waals surface area contributed by atoms with Crippen LogP contribution < -0.4 is 5.32 Å². The van der Waals surface area contributed by atoms with Gasteiger partial charge in [0.1, 0.15) is 0 Å². The van der Waals surface area contributed by atoms with Crippen LogP contribution in [0.15, 0.2) is 66.9 Å². The summed E-state index contributed by atoms with van der Waals surface area (Å²) in [5, 5.41) is 5.15. The van der Waals surface area contributed by atoms with E-state index < -0.39 is 0 Å². The molecule has 0 bridgehead atoms. The summed E-state index contributed by atoms with van der Waals surface area (Å²) in [5.41, 5.74) is 1.67. The normalized spacial score (nSPS) is 10.5. The van der Waals surface area contributed by atoms with Crippen molar-refractivity contribution in [2.45, 2.75) is 6.42 Å². The molecule has 0 aliphatic heterocycles. The highest BCUT2D eigenvalue weighted by Gasteiger charge is 2.05. The minimum Gasteiger partial charge on any atom is -0.352 e. The van der Waals surface area contributed by atoms with Crippen molar-refractivity contribution in [2.24, 2.45) is 0 Å². The zero-order valence-electron chi connectivity index (χ0n) is 11.6. The van der Waals surface area contributed by atoms with Crippen molar-refractivity contribution in [1.82, 2.24) is 10.3 Å². The van der Waals surface area contributed by atoms with E-state index in [2.05, 4.69) is 10.3 Å². The molecule has 2 aromatic carbocycles. The zero-order chi connectivity index (χ0) is 14.5. The highest BCUT2D eigenvalue weighted by Crippen LogP contribution is 2.15. The molecular weight excluding hydrogens is 260 g/mol. The van der Waals surface area contributed by atoms with E-state index in [1.54, 1.807) is 6.20 Å². The van der Waals surface area contributed by atoms with Gasteiger partial charge < -0.3 is 5.32 Å². The molecule has 104 valence electrons. The monoisotopic (exact) mass is 276 g/mol. The van der Waals surface area contributed by atoms with Gasteiger partial charge in [-0.1, -0.05) is 36.4 Å². The fourth-order valence-electron chi connectivity index (χ4n) is 2.28. The first-order chi connectivity index (χ1) is 10.3. The van der Waals surface area contributed by atoms with E-state index >= 15 is 0 Å². The Kier molecular flexibility index (Phi) is 3.92. The maximum absolute atomic E-state index is 12.1. The first kappa shape index (κ1) is 13.3. The topological polar surface area (TPSA) is 42.0 Å². The van der Waals surface area contributed by atoms with E-state index in [9.17, 15) is 4.79 Å². The van der Waals surface area contributed by atoms with Crippen LogP contribution in [0.3, 0.4) is 0 Å². The molecule has 1 heterocycles. The summed E-state index contributed by atoms with van der Waals surface area (Å²) >= 11 is 0. The summed E-state index contributed by atoms with van der Waals surface area (Å²) in [5.74, 6) is -0.0447. The fourth-order valence-corrected chi connectivity index (χ4v) is 2.28. The molecule has 3 heteroatoms. The van der Waals surface area contributed by atoms with Gasteiger partial charge in [-0.05, 0) is 35.0 Å². The second kappa shape index (κ2) is 6.18. The van der Waals surface area contributed by atoms with Gasteiger partial charge in [0.15, 0.2) is 0 Å². The first-order valence-electron chi connectivity index (χ1n) is 7.00. The summed E-state index contributed by atoms with van der Waals surface area (Å²) in [6, 6.07) is 19.6. The number of nitrogens with one attached hydrogen (secondary N) is 1. The van der Waals surface area contributed by atoms with E-state index in [4.69, 9.17) is 0 Å². The summed E-state index contributed by atoms with van der Waals surface area (Å²) in [6.07, 6.45) is 2.50. The second-order valence-electron chi connectivity index (χ2n) is 4.89. The number of amides is 1. The van der Waals surface area contributed by atoms with Crippen LogP contribution in [0, 0.1) is 0 Å². The van der Waals surface area contributed by atoms with Gasteiger partial charge in [0, 0.05) is 30.4 Å². The molecule has 0 aliphatic rings. The van der Waals surface area contributed by atoms with Crippen LogP contribution >= 0.6 is 0 Å². The summed E-state index contributed by atoms with van der Waals surface area (Å²) in [4.78, 5) is 16.4. The lowest BCUT2D eigenvalue weighted by atomic mass is 10.1. The van der Waals surface area contributed by atoms with Crippen molar-refractivity contribution < 1.29 is 4.79 Å². The van der Waals surface area contributed by atoms with Gasteiger partial charge in [0.05, 0.1) is 0 Å². The molecule has 3 nitrogen and oxygen atoms in total. The molecule has 0 spiro atoms. The molecule has 3 rings (SSSR count). The molecule has 0 atom stereocenters. The minimum atomic E-state index is -0.0447. The van der Waals surface area contributed by atoms with Crippen molar-refractivity contribution in [3.63, 3.8) is 0 Å². The second-order valence-corrected chi connectivity index (χ2v) is 4.89. The van der Waals surface area contributed by atoms with Gasteiger partial charge in [-0.15, -0.1) is 0 Å². The molecule has 3 aromatic rings. The van der Waals surface area contributed by atoms with Gasteiger partial charge in [-0.3, -0.25) is 9.78 Å². The van der Waals surface area contributed by atoms with E-state index in [1.807, 2.05) is 60.7 Å². The molecule has 0 unspecified atom stereocenters. The molecule has 1 aromatic heterocycles. The van der Waals surface area contributed by atoms with Crippen LogP contribution in [-0.4, -0.2) is 17.4 Å². The zero-order valence-corrected chi connectivity index (χ0v) is 11.6. The van der Waals surface area contributed by atoms with Crippen LogP contribution in [0.25, 0.3) is 10.8 Å². The highest BCUT2D eigenvalue weighted by atomic mass is 16.1. The number of carbonyl (C=O) groups excluding carboxylic acids is 1. The predicted octanol–water partition coefficient (Wildman–Crippen LogP) is 3.21. The Morgan fingerprint density at radius 1 is 0.952 bits per heavy atom. The van der Waals surface area contributed by atoms with Crippen molar-refractivity contribution in [3.8, 4) is 0 Å². The van der Waals surface area contributed by atoms with Crippen LogP contribution in [0.5, 0.6) is 0 Å². The quantitative estimate of drug-likeness (QED) is 0.795. The lowest BCUT2D eigenvalue weighted by molar-refractivity contribution is 0.0954. The van der Waals surface area contributed by atoms with Gasteiger partial charge >= 0.3 is 0 Å². The van der Waals surface area contributed by atoms with Gasteiger partial charge in [-0.25, -0.2) is 0 Å². The van der Waals surface area contributed by atoms with E-state index in [0.29, 0.717) is 12.1 Å². The average molecular weight is 276 g/mol. The number of benzene rings is 2. The molecule has 21 heavy (non-hydrogen) atoms. The fraction of sp³-hybridized carbons (Fsp3) is 0.111. The number of fused-ring (bicyclic) bond motifs is 1. The lowest BCUT2D eigenvalue weighted by Crippen LogP contribution is -2.25. The molecule has 0 aliphatic carbocycles. The highest BCUT2D eigenvalue weighted by molar-refractivity contribution is 5.98. The first-order valence-corrected chi connectivity index (χ1v) is 7.00. The van der Waals surface area contributed by atoms with Gasteiger partial charge in [0.2, 0.25) is 0 Å². The van der Waals surface area contributed by atoms with E-state index in [0.717, 1.165) is 22.9 Å². The van der Waals surface area contributed by atoms with E-state index in [1.165, 1.54) is 0 Å². The average Bonchev–Trinajstić information content (AvgIpc) is 2.55. The molecule has 0 saturated carbocycles. The maximum atomic E-state index is 12.1. The Labute approximate surface area is 123 Å². The van der Waals surface area contributed by atoms with E-state index in [-0.39, 0.29) is 5.91 Å². The number of hydrogen-bond donors (Lipinski definition) is 1. The minimum absolute atomic E-state index is 0.0447. The molecule has 1 amide bonds. The molecular formula is C18H16N2O. The molecule has 0 fully saturated rings. The molecule has 1 N–H and O–H groups in total. The number of hydrogen-bond acceptors (Lipinski definition) is 2. The van der Waals surface area contributed by atoms with Gasteiger partial charge in [0.25, 0.3) is 5.91 Å². The number of pyridine rings is 1. The predicted molar refractivity (Wildman–Crippen MR) is 84.2 cm³/mol. The lowest BCUT2D eigenvalue weighted by Gasteiger charge is -2.06. The maximum Gasteiger partial charge on any atom is 0.251 e. The Morgan fingerprint density at radius 2 is 1.76 bits per heavy atom. The Balaban J connectivity index is 1.64. The third-order valence-corrected chi connectivity index (χ3v) is 3.40. The summed E-state index contributed by atoms with van der Waals surface area (Å²) in [7, 11) is 0. The molecule has 0 saturated heterocycles. The summed E-state index contributed by atoms with van der Waals surface area (Å²) < 4.78 is 0. The standard InChI is InChI=1S/C18H16N2O/c21-18(20-12-10-17-7-3-4-11-19-17)16-9-8-14-5-1-2-6-15(14)13-16/h1-9,11,13H,10,12H2,(H,20,21). The Hall–Kier alpha value is -2.68. The smallest absolute Gasteiger partial charge is 0.251 e. The van der Waals surface area contributed by atoms with Crippen molar-refractivity contribution in [3.05, 3.63) is 78.1 Å². The largest absolute Gasteiger partial charge is 0.352 e. The number of carbonyl (C=O) groups is 1. The third-order valence-electron chi connectivity index (χ3n) is 3.40. The number of aromatic nitrogens is 1. The Bertz CT molecular complexity index is 753. The van der Waals surface area contributed by atoms with Crippen LogP contribution in [0.4, 0.5) is 0 Å². The molecule has 0 radical (unpaired) electrons.